The van der Waals surface area contributed by atoms with Crippen LogP contribution in [0.4, 0.5) is 0 Å². The van der Waals surface area contributed by atoms with Gasteiger partial charge in [-0.3, -0.25) is 4.79 Å². The molecular formula is C13H20O. The van der Waals surface area contributed by atoms with Crippen LogP contribution in [0, 0.1) is 10.8 Å². The van der Waals surface area contributed by atoms with Gasteiger partial charge >= 0.3 is 0 Å². The molecule has 0 bridgehead atoms. The average Bonchev–Trinajstić information content (AvgIpc) is 2.44. The lowest BCUT2D eigenvalue weighted by Gasteiger charge is -2.44. The Bertz CT molecular complexity index is 298. The van der Waals surface area contributed by atoms with Gasteiger partial charge in [-0.1, -0.05) is 32.8 Å². The number of ketones is 1. The first-order valence-corrected chi connectivity index (χ1v) is 5.76. The van der Waals surface area contributed by atoms with E-state index in [4.69, 9.17) is 0 Å². The van der Waals surface area contributed by atoms with Crippen LogP contribution in [0.1, 0.15) is 52.9 Å². The summed E-state index contributed by atoms with van der Waals surface area (Å²) >= 11 is 0. The van der Waals surface area contributed by atoms with Gasteiger partial charge in [-0.15, -0.1) is 0 Å². The van der Waals surface area contributed by atoms with Crippen LogP contribution in [-0.2, 0) is 4.79 Å². The third-order valence-electron chi connectivity index (χ3n) is 4.25. The third-order valence-corrected chi connectivity index (χ3v) is 4.25. The minimum atomic E-state index is 0.249. The molecule has 0 aromatic heterocycles. The molecule has 2 aliphatic carbocycles. The molecule has 2 rings (SSSR count). The van der Waals surface area contributed by atoms with E-state index in [0.717, 1.165) is 12.8 Å². The SMILES string of the molecule is CCC12CCCC(C)(C)C1=CC(=O)C2. The highest BCUT2D eigenvalue weighted by Crippen LogP contribution is 2.57. The topological polar surface area (TPSA) is 17.1 Å². The number of hydrogen-bond acceptors (Lipinski definition) is 1. The maximum absolute atomic E-state index is 11.6. The molecule has 0 heterocycles. The summed E-state index contributed by atoms with van der Waals surface area (Å²) < 4.78 is 0. The van der Waals surface area contributed by atoms with Crippen molar-refractivity contribution in [3.05, 3.63) is 11.6 Å². The van der Waals surface area contributed by atoms with E-state index in [1.54, 1.807) is 0 Å². The summed E-state index contributed by atoms with van der Waals surface area (Å²) in [6.45, 7) is 6.82. The van der Waals surface area contributed by atoms with E-state index in [0.29, 0.717) is 5.78 Å². The summed E-state index contributed by atoms with van der Waals surface area (Å²) in [6, 6.07) is 0. The molecule has 78 valence electrons. The molecule has 14 heavy (non-hydrogen) atoms. The molecule has 0 aromatic rings. The van der Waals surface area contributed by atoms with Crippen LogP contribution in [0.3, 0.4) is 0 Å². The van der Waals surface area contributed by atoms with E-state index < -0.39 is 0 Å². The lowest BCUT2D eigenvalue weighted by atomic mass is 9.60. The maximum atomic E-state index is 11.6. The number of carbonyl (C=O) groups excluding carboxylic acids is 1. The molecule has 1 atom stereocenters. The second kappa shape index (κ2) is 2.95. The minimum absolute atomic E-state index is 0.249. The van der Waals surface area contributed by atoms with Crippen molar-refractivity contribution in [3.8, 4) is 0 Å². The Morgan fingerprint density at radius 2 is 2.07 bits per heavy atom. The van der Waals surface area contributed by atoms with Crippen molar-refractivity contribution in [1.82, 2.24) is 0 Å². The largest absolute Gasteiger partial charge is 0.295 e. The Morgan fingerprint density at radius 1 is 1.36 bits per heavy atom. The van der Waals surface area contributed by atoms with Gasteiger partial charge in [-0.2, -0.15) is 0 Å². The van der Waals surface area contributed by atoms with Crippen molar-refractivity contribution in [2.45, 2.75) is 52.9 Å². The first-order valence-electron chi connectivity index (χ1n) is 5.76. The van der Waals surface area contributed by atoms with E-state index in [-0.39, 0.29) is 10.8 Å². The number of allylic oxidation sites excluding steroid dienone is 2. The van der Waals surface area contributed by atoms with E-state index in [9.17, 15) is 4.79 Å². The van der Waals surface area contributed by atoms with Crippen molar-refractivity contribution in [1.29, 1.82) is 0 Å². The monoisotopic (exact) mass is 192 g/mol. The van der Waals surface area contributed by atoms with Crippen LogP contribution in [0.2, 0.25) is 0 Å². The molecule has 1 unspecified atom stereocenters. The standard InChI is InChI=1S/C13H20O/c1-4-13-7-5-6-12(2,3)11(13)8-10(14)9-13/h8H,4-7,9H2,1-3H3. The molecule has 1 saturated carbocycles. The molecule has 0 saturated heterocycles. The number of hydrogen-bond donors (Lipinski definition) is 0. The zero-order valence-electron chi connectivity index (χ0n) is 9.52. The van der Waals surface area contributed by atoms with E-state index >= 15 is 0 Å². The molecule has 1 nitrogen and oxygen atoms in total. The fourth-order valence-electron chi connectivity index (χ4n) is 3.43. The molecule has 1 heteroatoms. The fourth-order valence-corrected chi connectivity index (χ4v) is 3.43. The van der Waals surface area contributed by atoms with Gasteiger partial charge in [-0.05, 0) is 36.2 Å². The zero-order chi connectivity index (χ0) is 10.4. The smallest absolute Gasteiger partial charge is 0.156 e. The predicted molar refractivity (Wildman–Crippen MR) is 58.1 cm³/mol. The number of fused-ring (bicyclic) bond motifs is 1. The van der Waals surface area contributed by atoms with Crippen LogP contribution in [-0.4, -0.2) is 5.78 Å². The fraction of sp³-hybridized carbons (Fsp3) is 0.769. The van der Waals surface area contributed by atoms with Gasteiger partial charge in [0.25, 0.3) is 0 Å². The zero-order valence-corrected chi connectivity index (χ0v) is 9.52. The highest BCUT2D eigenvalue weighted by Gasteiger charge is 2.47. The third kappa shape index (κ3) is 1.25. The summed E-state index contributed by atoms with van der Waals surface area (Å²) in [5, 5.41) is 0. The first kappa shape index (κ1) is 9.95. The van der Waals surface area contributed by atoms with Crippen LogP contribution in [0.5, 0.6) is 0 Å². The Kier molecular flexibility index (Phi) is 2.09. The summed E-state index contributed by atoms with van der Waals surface area (Å²) in [5.41, 5.74) is 1.96. The Labute approximate surface area is 86.6 Å². The lowest BCUT2D eigenvalue weighted by Crippen LogP contribution is -2.33. The van der Waals surface area contributed by atoms with Gasteiger partial charge in [0.2, 0.25) is 0 Å². The predicted octanol–water partition coefficient (Wildman–Crippen LogP) is 3.49. The maximum Gasteiger partial charge on any atom is 0.156 e. The van der Waals surface area contributed by atoms with Crippen LogP contribution < -0.4 is 0 Å². The first-order chi connectivity index (χ1) is 6.50. The van der Waals surface area contributed by atoms with Crippen LogP contribution in [0.25, 0.3) is 0 Å². The Balaban J connectivity index is 2.43. The van der Waals surface area contributed by atoms with E-state index in [1.165, 1.54) is 24.8 Å². The second-order valence-electron chi connectivity index (χ2n) is 5.57. The molecule has 1 fully saturated rings. The number of rotatable bonds is 1. The second-order valence-corrected chi connectivity index (χ2v) is 5.57. The van der Waals surface area contributed by atoms with Gasteiger partial charge in [0, 0.05) is 6.42 Å². The molecule has 0 aromatic carbocycles. The average molecular weight is 192 g/mol. The summed E-state index contributed by atoms with van der Waals surface area (Å²) in [6.07, 6.45) is 7.61. The molecule has 0 aliphatic heterocycles. The highest BCUT2D eigenvalue weighted by molar-refractivity contribution is 5.94. The quantitative estimate of drug-likeness (QED) is 0.621. The highest BCUT2D eigenvalue weighted by atomic mass is 16.1. The van der Waals surface area contributed by atoms with Gasteiger partial charge in [0.05, 0.1) is 0 Å². The summed E-state index contributed by atoms with van der Waals surface area (Å²) in [5.74, 6) is 0.358. The van der Waals surface area contributed by atoms with Crippen molar-refractivity contribution >= 4 is 5.78 Å². The van der Waals surface area contributed by atoms with Crippen molar-refractivity contribution < 1.29 is 4.79 Å². The number of carbonyl (C=O) groups is 1. The van der Waals surface area contributed by atoms with Gasteiger partial charge < -0.3 is 0 Å². The van der Waals surface area contributed by atoms with Gasteiger partial charge in [-0.25, -0.2) is 0 Å². The summed E-state index contributed by atoms with van der Waals surface area (Å²) in [7, 11) is 0. The molecular weight excluding hydrogens is 172 g/mol. The van der Waals surface area contributed by atoms with Gasteiger partial charge in [0.15, 0.2) is 5.78 Å². The van der Waals surface area contributed by atoms with E-state index in [1.807, 2.05) is 6.08 Å². The molecule has 0 radical (unpaired) electrons. The molecule has 0 N–H and O–H groups in total. The molecule has 0 spiro atoms. The molecule has 2 aliphatic rings. The van der Waals surface area contributed by atoms with Crippen LogP contribution in [0.15, 0.2) is 11.6 Å². The van der Waals surface area contributed by atoms with E-state index in [2.05, 4.69) is 20.8 Å². The normalized spacial score (nSPS) is 35.4. The van der Waals surface area contributed by atoms with Crippen LogP contribution >= 0.6 is 0 Å². The lowest BCUT2D eigenvalue weighted by molar-refractivity contribution is -0.115. The van der Waals surface area contributed by atoms with Gasteiger partial charge in [0.1, 0.15) is 0 Å². The Hall–Kier alpha value is -0.590. The summed E-state index contributed by atoms with van der Waals surface area (Å²) in [4.78, 5) is 11.6. The van der Waals surface area contributed by atoms with Crippen molar-refractivity contribution in [3.63, 3.8) is 0 Å². The van der Waals surface area contributed by atoms with Crippen molar-refractivity contribution in [2.75, 3.05) is 0 Å². The Morgan fingerprint density at radius 3 is 2.64 bits per heavy atom. The minimum Gasteiger partial charge on any atom is -0.295 e. The molecule has 0 amide bonds. The van der Waals surface area contributed by atoms with Crippen molar-refractivity contribution in [2.24, 2.45) is 10.8 Å².